The first-order chi connectivity index (χ1) is 9.43. The van der Waals surface area contributed by atoms with E-state index in [1.54, 1.807) is 17.8 Å². The van der Waals surface area contributed by atoms with Gasteiger partial charge in [0, 0.05) is 19.5 Å². The number of hydrogen-bond acceptors (Lipinski definition) is 2. The first-order valence-electron chi connectivity index (χ1n) is 6.24. The Morgan fingerprint density at radius 1 is 1.35 bits per heavy atom. The topological polar surface area (TPSA) is 29.9 Å². The Bertz CT molecular complexity index is 625. The molecule has 20 heavy (non-hydrogen) atoms. The molecule has 0 aliphatic carbocycles. The molecule has 1 atom stereocenters. The van der Waals surface area contributed by atoms with E-state index in [4.69, 9.17) is 0 Å². The van der Waals surface area contributed by atoms with Gasteiger partial charge in [-0.05, 0) is 47.6 Å². The predicted molar refractivity (Wildman–Crippen MR) is 77.5 cm³/mol. The van der Waals surface area contributed by atoms with Gasteiger partial charge in [0.1, 0.15) is 0 Å². The molecule has 0 aliphatic heterocycles. The summed E-state index contributed by atoms with van der Waals surface area (Å²) >= 11 is 3.51. The molecule has 1 heterocycles. The zero-order chi connectivity index (χ0) is 14.9. The molecule has 0 aliphatic rings. The van der Waals surface area contributed by atoms with Gasteiger partial charge in [-0.1, -0.05) is 6.07 Å². The molecule has 6 heteroatoms. The van der Waals surface area contributed by atoms with Crippen LogP contribution in [0.2, 0.25) is 0 Å². The SMILES string of the molecule is CNC(Cc1c(Br)c(C)nn1C)c1ccc(F)c(F)c1. The monoisotopic (exact) mass is 343 g/mol. The minimum atomic E-state index is -0.832. The molecular formula is C14H16BrF2N3. The Morgan fingerprint density at radius 2 is 2.05 bits per heavy atom. The molecule has 0 saturated heterocycles. The van der Waals surface area contributed by atoms with Gasteiger partial charge in [-0.15, -0.1) is 0 Å². The molecule has 108 valence electrons. The number of nitrogens with zero attached hydrogens (tertiary/aromatic N) is 2. The van der Waals surface area contributed by atoms with Crippen LogP contribution in [0.3, 0.4) is 0 Å². The van der Waals surface area contributed by atoms with Crippen molar-refractivity contribution in [2.75, 3.05) is 7.05 Å². The zero-order valence-corrected chi connectivity index (χ0v) is 13.1. The van der Waals surface area contributed by atoms with Crippen molar-refractivity contribution in [2.24, 2.45) is 7.05 Å². The Labute approximate surface area is 125 Å². The number of aryl methyl sites for hydroxylation is 2. The summed E-state index contributed by atoms with van der Waals surface area (Å²) in [5, 5.41) is 7.46. The number of nitrogens with one attached hydrogen (secondary N) is 1. The minimum absolute atomic E-state index is 0.115. The predicted octanol–water partition coefficient (Wildman–Crippen LogP) is 3.27. The summed E-state index contributed by atoms with van der Waals surface area (Å²) in [5.41, 5.74) is 2.62. The van der Waals surface area contributed by atoms with E-state index in [2.05, 4.69) is 26.3 Å². The van der Waals surface area contributed by atoms with Crippen LogP contribution in [-0.2, 0) is 13.5 Å². The first kappa shape index (κ1) is 15.1. The third-order valence-corrected chi connectivity index (χ3v) is 4.39. The summed E-state index contributed by atoms with van der Waals surface area (Å²) in [6, 6.07) is 3.86. The van der Waals surface area contributed by atoms with Crippen LogP contribution < -0.4 is 5.32 Å². The highest BCUT2D eigenvalue weighted by molar-refractivity contribution is 9.10. The molecule has 1 aromatic carbocycles. The maximum absolute atomic E-state index is 13.3. The molecule has 2 aromatic rings. The normalized spacial score (nSPS) is 12.7. The van der Waals surface area contributed by atoms with Gasteiger partial charge < -0.3 is 5.32 Å². The molecule has 1 N–H and O–H groups in total. The van der Waals surface area contributed by atoms with Crippen LogP contribution in [0.5, 0.6) is 0 Å². The summed E-state index contributed by atoms with van der Waals surface area (Å²) in [6.07, 6.45) is 0.624. The average Bonchev–Trinajstić information content (AvgIpc) is 2.65. The van der Waals surface area contributed by atoms with Crippen LogP contribution in [0.1, 0.15) is 23.0 Å². The van der Waals surface area contributed by atoms with Crippen molar-refractivity contribution in [1.82, 2.24) is 15.1 Å². The molecule has 2 rings (SSSR count). The van der Waals surface area contributed by atoms with Crippen molar-refractivity contribution < 1.29 is 8.78 Å². The number of rotatable bonds is 4. The Balaban J connectivity index is 2.31. The minimum Gasteiger partial charge on any atom is -0.313 e. The Morgan fingerprint density at radius 3 is 2.55 bits per heavy atom. The number of benzene rings is 1. The van der Waals surface area contributed by atoms with Crippen molar-refractivity contribution in [1.29, 1.82) is 0 Å². The van der Waals surface area contributed by atoms with Gasteiger partial charge in [0.25, 0.3) is 0 Å². The lowest BCUT2D eigenvalue weighted by molar-refractivity contribution is 0.499. The third kappa shape index (κ3) is 2.91. The summed E-state index contributed by atoms with van der Waals surface area (Å²) in [6.45, 7) is 1.92. The van der Waals surface area contributed by atoms with Gasteiger partial charge in [0.2, 0.25) is 0 Å². The molecule has 0 bridgehead atoms. The Kier molecular flexibility index (Phi) is 4.55. The van der Waals surface area contributed by atoms with E-state index < -0.39 is 11.6 Å². The third-order valence-electron chi connectivity index (χ3n) is 3.35. The van der Waals surface area contributed by atoms with Gasteiger partial charge >= 0.3 is 0 Å². The quantitative estimate of drug-likeness (QED) is 0.923. The fourth-order valence-corrected chi connectivity index (χ4v) is 2.71. The fourth-order valence-electron chi connectivity index (χ4n) is 2.21. The van der Waals surface area contributed by atoms with Crippen molar-refractivity contribution in [3.05, 3.63) is 51.3 Å². The summed E-state index contributed by atoms with van der Waals surface area (Å²) in [5.74, 6) is -1.66. The highest BCUT2D eigenvalue weighted by Crippen LogP contribution is 2.26. The van der Waals surface area contributed by atoms with Crippen LogP contribution in [0.25, 0.3) is 0 Å². The maximum atomic E-state index is 13.3. The highest BCUT2D eigenvalue weighted by atomic mass is 79.9. The molecule has 0 spiro atoms. The first-order valence-corrected chi connectivity index (χ1v) is 7.03. The van der Waals surface area contributed by atoms with E-state index in [0.29, 0.717) is 12.0 Å². The maximum Gasteiger partial charge on any atom is 0.159 e. The van der Waals surface area contributed by atoms with E-state index in [0.717, 1.165) is 21.9 Å². The standard InChI is InChI=1S/C14H16BrF2N3/c1-8-14(15)13(20(3)19-8)7-12(18-2)9-4-5-10(16)11(17)6-9/h4-6,12,18H,7H2,1-3H3. The molecule has 1 aromatic heterocycles. The number of halogens is 3. The fraction of sp³-hybridized carbons (Fsp3) is 0.357. The summed E-state index contributed by atoms with van der Waals surface area (Å²) in [7, 11) is 3.66. The van der Waals surface area contributed by atoms with E-state index in [1.807, 2.05) is 14.0 Å². The van der Waals surface area contributed by atoms with Crippen molar-refractivity contribution in [3.8, 4) is 0 Å². The molecule has 1 unspecified atom stereocenters. The average molecular weight is 344 g/mol. The zero-order valence-electron chi connectivity index (χ0n) is 11.5. The van der Waals surface area contributed by atoms with Gasteiger partial charge in [-0.3, -0.25) is 4.68 Å². The van der Waals surface area contributed by atoms with Gasteiger partial charge in [0.05, 0.1) is 15.9 Å². The van der Waals surface area contributed by atoms with Crippen molar-refractivity contribution >= 4 is 15.9 Å². The molecule has 0 radical (unpaired) electrons. The lowest BCUT2D eigenvalue weighted by atomic mass is 10.0. The van der Waals surface area contributed by atoms with Crippen LogP contribution in [0, 0.1) is 18.6 Å². The van der Waals surface area contributed by atoms with Crippen molar-refractivity contribution in [3.63, 3.8) is 0 Å². The van der Waals surface area contributed by atoms with Gasteiger partial charge in [0.15, 0.2) is 11.6 Å². The number of aromatic nitrogens is 2. The van der Waals surface area contributed by atoms with Gasteiger partial charge in [-0.25, -0.2) is 8.78 Å². The van der Waals surface area contributed by atoms with Crippen LogP contribution in [0.15, 0.2) is 22.7 Å². The Hall–Kier alpha value is -1.27. The molecule has 0 amide bonds. The summed E-state index contributed by atoms with van der Waals surface area (Å²) in [4.78, 5) is 0. The molecule has 0 fully saturated rings. The van der Waals surface area contributed by atoms with Gasteiger partial charge in [-0.2, -0.15) is 5.10 Å². The lowest BCUT2D eigenvalue weighted by Crippen LogP contribution is -2.20. The second kappa shape index (κ2) is 6.01. The number of hydrogen-bond donors (Lipinski definition) is 1. The van der Waals surface area contributed by atoms with E-state index in [1.165, 1.54) is 6.07 Å². The highest BCUT2D eigenvalue weighted by Gasteiger charge is 2.18. The number of likely N-dealkylation sites (N-methyl/N-ethyl adjacent to an activating group) is 1. The smallest absolute Gasteiger partial charge is 0.159 e. The van der Waals surface area contributed by atoms with E-state index in [-0.39, 0.29) is 6.04 Å². The molecule has 0 saturated carbocycles. The largest absolute Gasteiger partial charge is 0.313 e. The molecule has 3 nitrogen and oxygen atoms in total. The second-order valence-electron chi connectivity index (χ2n) is 4.69. The van der Waals surface area contributed by atoms with Crippen molar-refractivity contribution in [2.45, 2.75) is 19.4 Å². The van der Waals surface area contributed by atoms with E-state index >= 15 is 0 Å². The van der Waals surface area contributed by atoms with Crippen LogP contribution >= 0.6 is 15.9 Å². The van der Waals surface area contributed by atoms with E-state index in [9.17, 15) is 8.78 Å². The lowest BCUT2D eigenvalue weighted by Gasteiger charge is -2.17. The summed E-state index contributed by atoms with van der Waals surface area (Å²) < 4.78 is 29.1. The van der Waals surface area contributed by atoms with Crippen LogP contribution in [0.4, 0.5) is 8.78 Å². The second-order valence-corrected chi connectivity index (χ2v) is 5.48. The molecular weight excluding hydrogens is 328 g/mol. The van der Waals surface area contributed by atoms with Crippen LogP contribution in [-0.4, -0.2) is 16.8 Å².